The van der Waals surface area contributed by atoms with E-state index in [0.717, 1.165) is 49.2 Å². The maximum atomic E-state index is 13.3. The fourth-order valence-electron chi connectivity index (χ4n) is 6.01. The molecular formula is C33H43F5O4S. The van der Waals surface area contributed by atoms with Crippen LogP contribution in [0.25, 0.3) is 0 Å². The predicted molar refractivity (Wildman–Crippen MR) is 159 cm³/mol. The summed E-state index contributed by atoms with van der Waals surface area (Å²) >= 11 is 1.74. The number of carbonyl (C=O) groups excluding carboxylic acids is 1. The highest BCUT2D eigenvalue weighted by Gasteiger charge is 2.56. The molecule has 0 radical (unpaired) electrons. The van der Waals surface area contributed by atoms with Gasteiger partial charge in [-0.1, -0.05) is 63.6 Å². The number of aromatic hydroxyl groups is 2. The zero-order chi connectivity index (χ0) is 31.7. The highest BCUT2D eigenvalue weighted by molar-refractivity contribution is 7.99. The monoisotopic (exact) mass is 630 g/mol. The van der Waals surface area contributed by atoms with Crippen molar-refractivity contribution in [3.05, 3.63) is 53.6 Å². The van der Waals surface area contributed by atoms with Gasteiger partial charge in [0, 0.05) is 22.5 Å². The molecule has 43 heavy (non-hydrogen) atoms. The van der Waals surface area contributed by atoms with Crippen molar-refractivity contribution in [3.63, 3.8) is 0 Å². The van der Waals surface area contributed by atoms with E-state index in [9.17, 15) is 37.0 Å². The third-order valence-electron chi connectivity index (χ3n) is 8.57. The van der Waals surface area contributed by atoms with Gasteiger partial charge in [0.1, 0.15) is 11.5 Å². The molecule has 3 rings (SSSR count). The summed E-state index contributed by atoms with van der Waals surface area (Å²) < 4.78 is 69.0. The minimum Gasteiger partial charge on any atom is -0.508 e. The summed E-state index contributed by atoms with van der Waals surface area (Å²) in [6.07, 6.45) is -0.555. The highest BCUT2D eigenvalue weighted by atomic mass is 32.2. The molecule has 10 heteroatoms. The SMILES string of the molecule is CCOC(=O)C(CCCCCCCC[C@H]1c2ccc(O)cc2SC[C@@]1(C)c1ccc(O)cc1)CCCC(F)(F)C(F)(F)F. The molecule has 2 aromatic rings. The van der Waals surface area contributed by atoms with Crippen LogP contribution in [0, 0.1) is 5.92 Å². The van der Waals surface area contributed by atoms with Crippen LogP contribution < -0.4 is 0 Å². The van der Waals surface area contributed by atoms with Crippen molar-refractivity contribution in [2.45, 2.75) is 113 Å². The lowest BCUT2D eigenvalue weighted by molar-refractivity contribution is -0.284. The van der Waals surface area contributed by atoms with Crippen LogP contribution in [0.2, 0.25) is 0 Å². The van der Waals surface area contributed by atoms with Gasteiger partial charge in [0.25, 0.3) is 0 Å². The van der Waals surface area contributed by atoms with Crippen molar-refractivity contribution in [3.8, 4) is 11.5 Å². The molecule has 4 nitrogen and oxygen atoms in total. The van der Waals surface area contributed by atoms with Crippen LogP contribution in [0.3, 0.4) is 0 Å². The summed E-state index contributed by atoms with van der Waals surface area (Å²) in [5.41, 5.74) is 2.25. The van der Waals surface area contributed by atoms with Crippen LogP contribution in [-0.4, -0.2) is 40.6 Å². The summed E-state index contributed by atoms with van der Waals surface area (Å²) in [5, 5.41) is 19.8. The Morgan fingerprint density at radius 3 is 2.19 bits per heavy atom. The van der Waals surface area contributed by atoms with Gasteiger partial charge in [-0.2, -0.15) is 22.0 Å². The van der Waals surface area contributed by atoms with Gasteiger partial charge >= 0.3 is 18.1 Å². The minimum atomic E-state index is -5.58. The lowest BCUT2D eigenvalue weighted by atomic mass is 9.68. The number of rotatable bonds is 16. The number of hydrogen-bond donors (Lipinski definition) is 2. The van der Waals surface area contributed by atoms with Crippen LogP contribution in [0.5, 0.6) is 11.5 Å². The molecule has 240 valence electrons. The number of halogens is 5. The molecular weight excluding hydrogens is 587 g/mol. The second kappa shape index (κ2) is 15.5. The number of phenolic OH excluding ortho intramolecular Hbond substituents is 2. The lowest BCUT2D eigenvalue weighted by Gasteiger charge is -2.43. The van der Waals surface area contributed by atoms with E-state index in [1.807, 2.05) is 24.3 Å². The van der Waals surface area contributed by atoms with Gasteiger partial charge in [-0.05, 0) is 73.9 Å². The molecule has 0 saturated carbocycles. The number of carbonyl (C=O) groups is 1. The summed E-state index contributed by atoms with van der Waals surface area (Å²) in [6.45, 7) is 4.02. The van der Waals surface area contributed by atoms with E-state index < -0.39 is 36.8 Å². The first-order valence-corrected chi connectivity index (χ1v) is 16.1. The Labute approximate surface area is 255 Å². The molecule has 2 N–H and O–H groups in total. The minimum absolute atomic E-state index is 0.0524. The Morgan fingerprint density at radius 2 is 1.53 bits per heavy atom. The summed E-state index contributed by atoms with van der Waals surface area (Å²) in [5.74, 6) is -4.39. The second-order valence-electron chi connectivity index (χ2n) is 11.8. The molecule has 0 fully saturated rings. The van der Waals surface area contributed by atoms with Crippen molar-refractivity contribution in [2.75, 3.05) is 12.4 Å². The van der Waals surface area contributed by atoms with E-state index in [1.54, 1.807) is 36.9 Å². The van der Waals surface area contributed by atoms with Gasteiger partial charge in [0.05, 0.1) is 12.5 Å². The van der Waals surface area contributed by atoms with Crippen LogP contribution in [-0.2, 0) is 14.9 Å². The fourth-order valence-corrected chi connectivity index (χ4v) is 7.41. The van der Waals surface area contributed by atoms with E-state index >= 15 is 0 Å². The number of phenols is 2. The Balaban J connectivity index is 1.48. The molecule has 0 aliphatic carbocycles. The third-order valence-corrected chi connectivity index (χ3v) is 9.98. The molecule has 1 unspecified atom stereocenters. The first-order valence-electron chi connectivity index (χ1n) is 15.1. The average Bonchev–Trinajstić information content (AvgIpc) is 2.94. The van der Waals surface area contributed by atoms with E-state index in [0.29, 0.717) is 12.8 Å². The molecule has 3 atom stereocenters. The van der Waals surface area contributed by atoms with E-state index in [1.165, 1.54) is 11.1 Å². The van der Waals surface area contributed by atoms with Crippen molar-refractivity contribution >= 4 is 17.7 Å². The van der Waals surface area contributed by atoms with Crippen LogP contribution in [0.1, 0.15) is 102 Å². The van der Waals surface area contributed by atoms with Gasteiger partial charge < -0.3 is 14.9 Å². The van der Waals surface area contributed by atoms with Gasteiger partial charge in [-0.3, -0.25) is 4.79 Å². The average molecular weight is 631 g/mol. The molecule has 0 amide bonds. The fraction of sp³-hybridized carbons (Fsp3) is 0.606. The van der Waals surface area contributed by atoms with Crippen LogP contribution in [0.15, 0.2) is 47.4 Å². The van der Waals surface area contributed by atoms with Gasteiger partial charge in [-0.15, -0.1) is 11.8 Å². The standard InChI is InChI=1S/C33H43F5O4S/c1-3-42-30(41)23(12-10-20-32(34,35)33(36,37)38)11-8-6-4-5-7-9-13-28-27-19-18-26(40)21-29(27)43-22-31(28,2)24-14-16-25(39)17-15-24/h14-19,21,23,28,39-40H,3-13,20,22H2,1-2H3/t23?,28-,31-/m0/s1. The van der Waals surface area contributed by atoms with E-state index in [4.69, 9.17) is 4.74 Å². The summed E-state index contributed by atoms with van der Waals surface area (Å²) in [4.78, 5) is 13.4. The molecule has 1 aliphatic rings. The molecule has 1 heterocycles. The third kappa shape index (κ3) is 9.50. The Kier molecular flexibility index (Phi) is 12.6. The smallest absolute Gasteiger partial charge is 0.453 e. The normalized spacial score (nSPS) is 19.6. The zero-order valence-corrected chi connectivity index (χ0v) is 25.7. The lowest BCUT2D eigenvalue weighted by Crippen LogP contribution is -2.36. The molecule has 1 aliphatic heterocycles. The number of benzene rings is 2. The molecule has 0 aromatic heterocycles. The molecule has 0 saturated heterocycles. The molecule has 2 aromatic carbocycles. The Morgan fingerprint density at radius 1 is 0.930 bits per heavy atom. The van der Waals surface area contributed by atoms with Crippen molar-refractivity contribution in [1.29, 1.82) is 0 Å². The number of hydrogen-bond acceptors (Lipinski definition) is 5. The quantitative estimate of drug-likeness (QED) is 0.110. The zero-order valence-electron chi connectivity index (χ0n) is 24.9. The number of ether oxygens (including phenoxy) is 1. The van der Waals surface area contributed by atoms with E-state index in [2.05, 4.69) is 6.92 Å². The number of unbranched alkanes of at least 4 members (excludes halogenated alkanes) is 5. The number of alkyl halides is 5. The van der Waals surface area contributed by atoms with Crippen molar-refractivity contribution in [2.24, 2.45) is 5.92 Å². The van der Waals surface area contributed by atoms with Gasteiger partial charge in [0.15, 0.2) is 0 Å². The van der Waals surface area contributed by atoms with E-state index in [-0.39, 0.29) is 35.9 Å². The first kappa shape index (κ1) is 35.0. The van der Waals surface area contributed by atoms with Crippen LogP contribution >= 0.6 is 11.8 Å². The predicted octanol–water partition coefficient (Wildman–Crippen LogP) is 9.91. The largest absolute Gasteiger partial charge is 0.508 e. The maximum Gasteiger partial charge on any atom is 0.453 e. The summed E-state index contributed by atoms with van der Waals surface area (Å²) in [6, 6.07) is 13.0. The second-order valence-corrected chi connectivity index (χ2v) is 12.8. The van der Waals surface area contributed by atoms with Gasteiger partial charge in [-0.25, -0.2) is 0 Å². The molecule has 0 bridgehead atoms. The van der Waals surface area contributed by atoms with Crippen molar-refractivity contribution in [1.82, 2.24) is 0 Å². The number of fused-ring (bicyclic) bond motifs is 1. The molecule has 0 spiro atoms. The number of esters is 1. The topological polar surface area (TPSA) is 66.8 Å². The highest BCUT2D eigenvalue weighted by Crippen LogP contribution is 2.52. The Hall–Kier alpha value is -2.49. The first-order chi connectivity index (χ1) is 20.3. The van der Waals surface area contributed by atoms with Crippen LogP contribution in [0.4, 0.5) is 22.0 Å². The maximum absolute atomic E-state index is 13.3. The summed E-state index contributed by atoms with van der Waals surface area (Å²) in [7, 11) is 0. The van der Waals surface area contributed by atoms with Gasteiger partial charge in [0.2, 0.25) is 0 Å². The number of thioether (sulfide) groups is 1. The van der Waals surface area contributed by atoms with Crippen molar-refractivity contribution < 1.29 is 41.7 Å². The Bertz CT molecular complexity index is 1170.